The minimum Gasteiger partial charge on any atom is -0.377 e. The van der Waals surface area contributed by atoms with Gasteiger partial charge in [-0.2, -0.15) is 0 Å². The van der Waals surface area contributed by atoms with Crippen LogP contribution in [0.2, 0.25) is 0 Å². The Hall–Kier alpha value is -1.22. The molecule has 1 rings (SSSR count). The lowest BCUT2D eigenvalue weighted by molar-refractivity contribution is 0.100. The number of benzene rings is 1. The smallest absolute Gasteiger partial charge is 0.250 e. The molecule has 0 aliphatic heterocycles. The Morgan fingerprint density at radius 3 is 2.23 bits per heavy atom. The van der Waals surface area contributed by atoms with Crippen molar-refractivity contribution in [2.45, 2.75) is 0 Å². The first-order valence-corrected chi connectivity index (χ1v) is 3.69. The van der Waals surface area contributed by atoms with E-state index < -0.39 is 0 Å². The number of rotatable bonds is 2. The monoisotopic (exact) mass is 200 g/mol. The molecule has 0 saturated carbocycles. The largest absolute Gasteiger partial charge is 0.377 e. The number of carbonyl (C=O) groups excluding carboxylic acids is 1. The van der Waals surface area contributed by atoms with Gasteiger partial charge in [0.1, 0.15) is 0 Å². The number of hydrogen-bond donors (Lipinski definition) is 1. The summed E-state index contributed by atoms with van der Waals surface area (Å²) in [6, 6.07) is 7.26. The van der Waals surface area contributed by atoms with Crippen LogP contribution in [0.25, 0.3) is 0 Å². The van der Waals surface area contributed by atoms with E-state index in [4.69, 9.17) is 5.73 Å². The number of anilines is 1. The van der Waals surface area contributed by atoms with E-state index in [0.717, 1.165) is 5.69 Å². The molecule has 0 heterocycles. The fraction of sp³-hybridized carbons (Fsp3) is 0.222. The van der Waals surface area contributed by atoms with Crippen molar-refractivity contribution in [2.24, 2.45) is 5.73 Å². The zero-order valence-electron chi connectivity index (χ0n) is 7.65. The zero-order valence-corrected chi connectivity index (χ0v) is 8.47. The lowest BCUT2D eigenvalue weighted by atomic mass is 10.1. The Kier molecular flexibility index (Phi) is 4.28. The van der Waals surface area contributed by atoms with Crippen LogP contribution >= 0.6 is 12.4 Å². The minimum atomic E-state index is -0.390. The molecule has 0 atom stereocenters. The third-order valence-corrected chi connectivity index (χ3v) is 1.65. The predicted octanol–water partition coefficient (Wildman–Crippen LogP) is 1.27. The van der Waals surface area contributed by atoms with Gasteiger partial charge in [0.15, 0.2) is 0 Å². The van der Waals surface area contributed by atoms with E-state index in [0.29, 0.717) is 5.56 Å². The molecule has 0 bridgehead atoms. The molecule has 2 N–H and O–H groups in total. The number of carbonyl (C=O) groups is 1. The second-order valence-electron chi connectivity index (χ2n) is 2.78. The quantitative estimate of drug-likeness (QED) is 0.782. The number of nitrogens with two attached hydrogens (primary N) is 1. The van der Waals surface area contributed by atoms with Crippen LogP contribution in [-0.4, -0.2) is 20.0 Å². The summed E-state index contributed by atoms with van der Waals surface area (Å²) >= 11 is 0. The first-order valence-electron chi connectivity index (χ1n) is 3.69. The maximum Gasteiger partial charge on any atom is 0.250 e. The number of nitrogens with zero attached hydrogens (tertiary/aromatic N) is 1. The van der Waals surface area contributed by atoms with Gasteiger partial charge in [-0.3, -0.25) is 4.79 Å². The lowest BCUT2D eigenvalue weighted by Crippen LogP contribution is -2.18. The molecule has 0 saturated heterocycles. The highest BCUT2D eigenvalue weighted by atomic mass is 35.5. The Morgan fingerprint density at radius 1 is 1.31 bits per heavy atom. The summed E-state index contributed by atoms with van der Waals surface area (Å²) in [6.45, 7) is 0. The van der Waals surface area contributed by atoms with Crippen molar-refractivity contribution in [3.8, 4) is 0 Å². The van der Waals surface area contributed by atoms with Gasteiger partial charge in [-0.25, -0.2) is 0 Å². The van der Waals surface area contributed by atoms with Crippen molar-refractivity contribution in [1.82, 2.24) is 0 Å². The first kappa shape index (κ1) is 11.8. The molecular weight excluding hydrogens is 188 g/mol. The van der Waals surface area contributed by atoms with Crippen LogP contribution < -0.4 is 10.6 Å². The Morgan fingerprint density at radius 2 is 1.85 bits per heavy atom. The predicted molar refractivity (Wildman–Crippen MR) is 56.5 cm³/mol. The molecule has 0 aromatic heterocycles. The molecule has 0 aliphatic carbocycles. The molecular formula is C9H13ClN2O. The van der Waals surface area contributed by atoms with Crippen LogP contribution in [0.15, 0.2) is 24.3 Å². The molecule has 1 aromatic carbocycles. The molecule has 1 amide bonds. The van der Waals surface area contributed by atoms with Crippen molar-refractivity contribution in [2.75, 3.05) is 19.0 Å². The molecule has 0 aliphatic rings. The maximum atomic E-state index is 10.9. The van der Waals surface area contributed by atoms with Gasteiger partial charge in [0.05, 0.1) is 5.56 Å². The second kappa shape index (κ2) is 4.72. The van der Waals surface area contributed by atoms with Crippen LogP contribution in [0.4, 0.5) is 5.69 Å². The number of amides is 1. The third-order valence-electron chi connectivity index (χ3n) is 1.65. The van der Waals surface area contributed by atoms with E-state index in [2.05, 4.69) is 0 Å². The van der Waals surface area contributed by atoms with Crippen LogP contribution in [0, 0.1) is 0 Å². The number of para-hydroxylation sites is 1. The van der Waals surface area contributed by atoms with Crippen LogP contribution in [0.3, 0.4) is 0 Å². The minimum absolute atomic E-state index is 0. The highest BCUT2D eigenvalue weighted by Gasteiger charge is 2.07. The molecule has 1 aromatic rings. The van der Waals surface area contributed by atoms with Gasteiger partial charge in [-0.15, -0.1) is 12.4 Å². The fourth-order valence-corrected chi connectivity index (χ4v) is 1.07. The van der Waals surface area contributed by atoms with E-state index in [1.165, 1.54) is 0 Å². The van der Waals surface area contributed by atoms with Gasteiger partial charge < -0.3 is 10.6 Å². The molecule has 13 heavy (non-hydrogen) atoms. The van der Waals surface area contributed by atoms with Gasteiger partial charge in [-0.05, 0) is 12.1 Å². The van der Waals surface area contributed by atoms with Crippen molar-refractivity contribution >= 4 is 24.0 Å². The van der Waals surface area contributed by atoms with Crippen LogP contribution in [0.1, 0.15) is 10.4 Å². The van der Waals surface area contributed by atoms with Gasteiger partial charge in [0, 0.05) is 19.8 Å². The number of primary amides is 1. The van der Waals surface area contributed by atoms with Crippen molar-refractivity contribution in [1.29, 1.82) is 0 Å². The van der Waals surface area contributed by atoms with E-state index in [-0.39, 0.29) is 18.3 Å². The van der Waals surface area contributed by atoms with Gasteiger partial charge in [0.25, 0.3) is 5.91 Å². The first-order chi connectivity index (χ1) is 5.63. The Bertz CT molecular complexity index is 299. The molecule has 0 spiro atoms. The lowest BCUT2D eigenvalue weighted by Gasteiger charge is -2.14. The molecule has 0 radical (unpaired) electrons. The second-order valence-corrected chi connectivity index (χ2v) is 2.78. The fourth-order valence-electron chi connectivity index (χ4n) is 1.07. The number of halogens is 1. The van der Waals surface area contributed by atoms with Gasteiger partial charge >= 0.3 is 0 Å². The van der Waals surface area contributed by atoms with Gasteiger partial charge in [-0.1, -0.05) is 12.1 Å². The molecule has 4 heteroatoms. The van der Waals surface area contributed by atoms with E-state index >= 15 is 0 Å². The summed E-state index contributed by atoms with van der Waals surface area (Å²) in [4.78, 5) is 12.8. The molecule has 72 valence electrons. The average molecular weight is 201 g/mol. The third kappa shape index (κ3) is 2.63. The average Bonchev–Trinajstić information content (AvgIpc) is 2.04. The highest BCUT2D eigenvalue weighted by molar-refractivity contribution is 5.98. The molecule has 0 unspecified atom stereocenters. The summed E-state index contributed by atoms with van der Waals surface area (Å²) < 4.78 is 0. The maximum absolute atomic E-state index is 10.9. The van der Waals surface area contributed by atoms with Crippen molar-refractivity contribution in [3.63, 3.8) is 0 Å². The Labute approximate surface area is 83.9 Å². The highest BCUT2D eigenvalue weighted by Crippen LogP contribution is 2.16. The normalized spacial score (nSPS) is 8.77. The van der Waals surface area contributed by atoms with E-state index in [9.17, 15) is 4.79 Å². The summed E-state index contributed by atoms with van der Waals surface area (Å²) in [5.74, 6) is -0.390. The summed E-state index contributed by atoms with van der Waals surface area (Å²) in [5, 5.41) is 0. The zero-order chi connectivity index (χ0) is 9.14. The summed E-state index contributed by atoms with van der Waals surface area (Å²) in [5.41, 5.74) is 6.60. The van der Waals surface area contributed by atoms with Crippen molar-refractivity contribution in [3.05, 3.63) is 29.8 Å². The SMILES string of the molecule is CN(C)c1ccccc1C(N)=O.Cl. The molecule has 0 fully saturated rings. The van der Waals surface area contributed by atoms with E-state index in [1.54, 1.807) is 12.1 Å². The summed E-state index contributed by atoms with van der Waals surface area (Å²) in [7, 11) is 3.75. The molecule has 3 nitrogen and oxygen atoms in total. The Balaban J connectivity index is 0.00000144. The standard InChI is InChI=1S/C9H12N2O.ClH/c1-11(2)8-6-4-3-5-7(8)9(10)12;/h3-6H,1-2H3,(H2,10,12);1H. The topological polar surface area (TPSA) is 46.3 Å². The van der Waals surface area contributed by atoms with Crippen LogP contribution in [0.5, 0.6) is 0 Å². The summed E-state index contributed by atoms with van der Waals surface area (Å²) in [6.07, 6.45) is 0. The van der Waals surface area contributed by atoms with Gasteiger partial charge in [0.2, 0.25) is 0 Å². The van der Waals surface area contributed by atoms with E-state index in [1.807, 2.05) is 31.1 Å². The van der Waals surface area contributed by atoms with Crippen LogP contribution in [-0.2, 0) is 0 Å². The number of hydrogen-bond acceptors (Lipinski definition) is 2. The van der Waals surface area contributed by atoms with Crippen molar-refractivity contribution < 1.29 is 4.79 Å².